The second-order valence-electron chi connectivity index (χ2n) is 6.95. The van der Waals surface area contributed by atoms with Gasteiger partial charge in [-0.15, -0.1) is 0 Å². The van der Waals surface area contributed by atoms with E-state index in [0.29, 0.717) is 24.1 Å². The zero-order valence-electron chi connectivity index (χ0n) is 16.8. The van der Waals surface area contributed by atoms with E-state index in [-0.39, 0.29) is 11.7 Å². The molecule has 7 nitrogen and oxygen atoms in total. The number of hydrogen-bond donors (Lipinski definition) is 4. The number of hydrogen-bond acceptors (Lipinski definition) is 5. The number of carbonyl (C=O) groups is 2. The summed E-state index contributed by atoms with van der Waals surface area (Å²) in [5, 5.41) is 21.6. The molecule has 0 aliphatic carbocycles. The summed E-state index contributed by atoms with van der Waals surface area (Å²) in [6.07, 6.45) is 2.66. The monoisotopic (exact) mass is 524 g/mol. The van der Waals surface area contributed by atoms with Gasteiger partial charge in [0, 0.05) is 20.9 Å². The summed E-state index contributed by atoms with van der Waals surface area (Å²) < 4.78 is 6.61. The number of halogens is 1. The zero-order chi connectivity index (χ0) is 22.1. The number of anilines is 1. The number of amides is 2. The molecule has 0 unspecified atom stereocenters. The van der Waals surface area contributed by atoms with Crippen LogP contribution in [0.5, 0.6) is 5.75 Å². The van der Waals surface area contributed by atoms with Crippen LogP contribution in [-0.4, -0.2) is 22.3 Å². The van der Waals surface area contributed by atoms with E-state index in [0.717, 1.165) is 9.13 Å². The average molecular weight is 524 g/mol. The molecule has 2 atom stereocenters. The molecule has 2 aromatic carbocycles. The van der Waals surface area contributed by atoms with Crippen LogP contribution in [0.25, 0.3) is 0 Å². The predicted molar refractivity (Wildman–Crippen MR) is 122 cm³/mol. The molecule has 0 bridgehead atoms. The van der Waals surface area contributed by atoms with Gasteiger partial charge in [0.15, 0.2) is 0 Å². The van der Waals surface area contributed by atoms with Crippen molar-refractivity contribution in [3.8, 4) is 5.75 Å². The number of aryl methyl sites for hydroxylation is 1. The van der Waals surface area contributed by atoms with Crippen molar-refractivity contribution < 1.29 is 24.6 Å². The van der Waals surface area contributed by atoms with E-state index < -0.39 is 18.1 Å². The second-order valence-corrected chi connectivity index (χ2v) is 8.20. The molecule has 2 aromatic rings. The quantitative estimate of drug-likeness (QED) is 0.167. The third kappa shape index (κ3) is 7.34. The summed E-state index contributed by atoms with van der Waals surface area (Å²) in [4.78, 5) is 23.6. The van der Waals surface area contributed by atoms with Crippen LogP contribution in [0.3, 0.4) is 0 Å². The number of nitrogens with one attached hydrogen (secondary N) is 2. The molecule has 0 radical (unpaired) electrons. The number of hydroxylamine groups is 1. The lowest BCUT2D eigenvalue weighted by Crippen LogP contribution is -2.22. The minimum absolute atomic E-state index is 0.0469. The molecule has 0 spiro atoms. The van der Waals surface area contributed by atoms with Crippen molar-refractivity contribution in [2.75, 3.05) is 5.32 Å². The first kappa shape index (κ1) is 23.7. The van der Waals surface area contributed by atoms with Gasteiger partial charge in [-0.3, -0.25) is 15.3 Å². The first-order chi connectivity index (χ1) is 14.3. The first-order valence-electron chi connectivity index (χ1n) is 9.43. The number of ether oxygens (including phenoxy) is 1. The highest BCUT2D eigenvalue weighted by Gasteiger charge is 2.26. The van der Waals surface area contributed by atoms with E-state index in [1.165, 1.54) is 11.6 Å². The van der Waals surface area contributed by atoms with Gasteiger partial charge in [0.1, 0.15) is 11.9 Å². The first-order valence-corrected chi connectivity index (χ1v) is 10.5. The van der Waals surface area contributed by atoms with E-state index in [9.17, 15) is 14.7 Å². The predicted octanol–water partition coefficient (Wildman–Crippen LogP) is 5.07. The normalized spacial score (nSPS) is 12.9. The third-order valence-electron chi connectivity index (χ3n) is 4.51. The Bertz CT molecular complexity index is 899. The maximum Gasteiger partial charge on any atom is 0.412 e. The van der Waals surface area contributed by atoms with Gasteiger partial charge in [-0.05, 0) is 78.6 Å². The highest BCUT2D eigenvalue weighted by Crippen LogP contribution is 2.36. The largest absolute Gasteiger partial charge is 0.508 e. The number of phenols is 1. The fourth-order valence-corrected chi connectivity index (χ4v) is 3.39. The number of carbonyl (C=O) groups excluding carboxylic acids is 2. The Kier molecular flexibility index (Phi) is 9.13. The Morgan fingerprint density at radius 1 is 1.20 bits per heavy atom. The molecular formula is C22H25IN2O5. The second kappa shape index (κ2) is 11.6. The average Bonchev–Trinajstić information content (AvgIpc) is 2.72. The van der Waals surface area contributed by atoms with Gasteiger partial charge < -0.3 is 9.84 Å². The van der Waals surface area contributed by atoms with E-state index in [4.69, 9.17) is 9.94 Å². The Morgan fingerprint density at radius 3 is 2.57 bits per heavy atom. The van der Waals surface area contributed by atoms with Gasteiger partial charge in [0.2, 0.25) is 0 Å². The maximum absolute atomic E-state index is 12.5. The van der Waals surface area contributed by atoms with Gasteiger partial charge in [-0.2, -0.15) is 0 Å². The summed E-state index contributed by atoms with van der Waals surface area (Å²) in [5.74, 6) is -0.714. The lowest BCUT2D eigenvalue weighted by atomic mass is 9.92. The highest BCUT2D eigenvalue weighted by atomic mass is 127. The Morgan fingerprint density at radius 2 is 1.90 bits per heavy atom. The molecular weight excluding hydrogens is 499 g/mol. The van der Waals surface area contributed by atoms with Gasteiger partial charge in [0.25, 0.3) is 5.91 Å². The fraction of sp³-hybridized carbons (Fsp3) is 0.273. The number of benzene rings is 2. The lowest BCUT2D eigenvalue weighted by Gasteiger charge is -2.25. The number of phenolic OH excluding ortho intramolecular Hbond substituents is 1. The lowest BCUT2D eigenvalue weighted by molar-refractivity contribution is -0.124. The minimum atomic E-state index is -0.690. The molecule has 2 rings (SSSR count). The molecule has 30 heavy (non-hydrogen) atoms. The number of rotatable bonds is 8. The summed E-state index contributed by atoms with van der Waals surface area (Å²) in [7, 11) is 0. The van der Waals surface area contributed by atoms with Crippen LogP contribution in [0.1, 0.15) is 37.0 Å². The van der Waals surface area contributed by atoms with Crippen LogP contribution < -0.4 is 10.8 Å². The number of aromatic hydroxyl groups is 1. The third-order valence-corrected chi connectivity index (χ3v) is 5.18. The molecule has 0 fully saturated rings. The SMILES string of the molecule is Cc1ccc(NC(=O)O[C@H](c2cc(I)ccc2O)[C@@H](C)CC/C=C/C(=O)NO)cc1. The van der Waals surface area contributed by atoms with Crippen LogP contribution in [0.2, 0.25) is 0 Å². The van der Waals surface area contributed by atoms with Crippen LogP contribution in [0.4, 0.5) is 10.5 Å². The minimum Gasteiger partial charge on any atom is -0.508 e. The molecule has 0 heterocycles. The molecule has 0 saturated carbocycles. The number of allylic oxidation sites excluding steroid dienone is 1. The molecule has 0 aromatic heterocycles. The van der Waals surface area contributed by atoms with Crippen molar-refractivity contribution in [2.45, 2.75) is 32.8 Å². The Labute approximate surface area is 189 Å². The van der Waals surface area contributed by atoms with Crippen molar-refractivity contribution in [2.24, 2.45) is 5.92 Å². The molecule has 160 valence electrons. The highest BCUT2D eigenvalue weighted by molar-refractivity contribution is 14.1. The van der Waals surface area contributed by atoms with Crippen molar-refractivity contribution in [1.29, 1.82) is 0 Å². The molecule has 4 N–H and O–H groups in total. The van der Waals surface area contributed by atoms with E-state index in [1.54, 1.807) is 36.4 Å². The smallest absolute Gasteiger partial charge is 0.412 e. The molecule has 0 saturated heterocycles. The molecule has 8 heteroatoms. The topological polar surface area (TPSA) is 108 Å². The van der Waals surface area contributed by atoms with Gasteiger partial charge >= 0.3 is 6.09 Å². The Balaban J connectivity index is 2.15. The van der Waals surface area contributed by atoms with Crippen molar-refractivity contribution in [1.82, 2.24) is 5.48 Å². The van der Waals surface area contributed by atoms with Crippen molar-refractivity contribution >= 4 is 40.3 Å². The maximum atomic E-state index is 12.5. The summed E-state index contributed by atoms with van der Waals surface area (Å²) >= 11 is 2.13. The van der Waals surface area contributed by atoms with Crippen LogP contribution >= 0.6 is 22.6 Å². The van der Waals surface area contributed by atoms with Crippen molar-refractivity contribution in [3.63, 3.8) is 0 Å². The van der Waals surface area contributed by atoms with Crippen molar-refractivity contribution in [3.05, 3.63) is 69.3 Å². The van der Waals surface area contributed by atoms with Crippen LogP contribution in [-0.2, 0) is 9.53 Å². The summed E-state index contributed by atoms with van der Waals surface area (Å²) in [6, 6.07) is 12.5. The fourth-order valence-electron chi connectivity index (χ4n) is 2.88. The summed E-state index contributed by atoms with van der Waals surface area (Å²) in [5.41, 5.74) is 3.74. The Hall–Kier alpha value is -2.59. The van der Waals surface area contributed by atoms with E-state index >= 15 is 0 Å². The van der Waals surface area contributed by atoms with E-state index in [1.807, 2.05) is 26.0 Å². The van der Waals surface area contributed by atoms with Gasteiger partial charge in [0.05, 0.1) is 0 Å². The van der Waals surface area contributed by atoms with Gasteiger partial charge in [-0.25, -0.2) is 10.3 Å². The summed E-state index contributed by atoms with van der Waals surface area (Å²) in [6.45, 7) is 3.86. The zero-order valence-corrected chi connectivity index (χ0v) is 18.9. The van der Waals surface area contributed by atoms with Crippen LogP contribution in [0.15, 0.2) is 54.6 Å². The molecule has 2 amide bonds. The molecule has 0 aliphatic heterocycles. The standard InChI is InChI=1S/C22H25IN2O5/c1-14-7-10-17(11-8-14)24-22(28)30-21(18-13-16(23)9-12-19(18)26)15(2)5-3-4-6-20(27)25-29/h4,6-13,15,21,26,29H,3,5H2,1-2H3,(H,24,28)(H,25,27)/b6-4+/t15-,21-/m0/s1. The van der Waals surface area contributed by atoms with Gasteiger partial charge in [-0.1, -0.05) is 30.7 Å². The molecule has 0 aliphatic rings. The van der Waals surface area contributed by atoms with Crippen LogP contribution in [0, 0.1) is 16.4 Å². The van der Waals surface area contributed by atoms with E-state index in [2.05, 4.69) is 27.9 Å².